The lowest BCUT2D eigenvalue weighted by atomic mass is 10.1. The molecule has 8 nitrogen and oxygen atoms in total. The molecule has 1 aromatic heterocycles. The van der Waals surface area contributed by atoms with Gasteiger partial charge in [-0.2, -0.15) is 5.10 Å². The van der Waals surface area contributed by atoms with Gasteiger partial charge in [0.25, 0.3) is 0 Å². The van der Waals surface area contributed by atoms with E-state index in [1.165, 1.54) is 0 Å². The van der Waals surface area contributed by atoms with E-state index in [1.54, 1.807) is 26.8 Å². The molecule has 8 heteroatoms. The van der Waals surface area contributed by atoms with Gasteiger partial charge in [0.2, 0.25) is 12.5 Å². The van der Waals surface area contributed by atoms with E-state index in [1.807, 2.05) is 0 Å². The number of carbonyl (C=O) groups excluding carboxylic acids is 2. The summed E-state index contributed by atoms with van der Waals surface area (Å²) in [6.45, 7) is 4.51. The first-order valence-electron chi connectivity index (χ1n) is 6.20. The van der Waals surface area contributed by atoms with E-state index < -0.39 is 29.3 Å². The van der Waals surface area contributed by atoms with Gasteiger partial charge in [0.15, 0.2) is 0 Å². The molecular formula is C12H17N3O5. The average molecular weight is 283 g/mol. The highest BCUT2D eigenvalue weighted by molar-refractivity contribution is 5.84. The van der Waals surface area contributed by atoms with E-state index in [9.17, 15) is 19.7 Å². The van der Waals surface area contributed by atoms with E-state index in [-0.39, 0.29) is 13.0 Å². The Hall–Kier alpha value is -2.25. The Balaban J connectivity index is 2.83. The van der Waals surface area contributed by atoms with Crippen molar-refractivity contribution in [2.24, 2.45) is 5.92 Å². The number of aryl methyl sites for hydroxylation is 2. The van der Waals surface area contributed by atoms with Crippen molar-refractivity contribution in [2.45, 2.75) is 27.2 Å². The minimum atomic E-state index is -1.10. The summed E-state index contributed by atoms with van der Waals surface area (Å²) in [6.07, 6.45) is -0.304. The van der Waals surface area contributed by atoms with Crippen molar-refractivity contribution in [3.8, 4) is 0 Å². The Morgan fingerprint density at radius 1 is 1.50 bits per heavy atom. The quantitative estimate of drug-likeness (QED) is 0.438. The molecule has 0 aliphatic rings. The second kappa shape index (κ2) is 6.78. The molecule has 1 atom stereocenters. The largest absolute Gasteiger partial charge is 0.466 e. The summed E-state index contributed by atoms with van der Waals surface area (Å²) in [5.74, 6) is -2.30. The monoisotopic (exact) mass is 283 g/mol. The Kier molecular flexibility index (Phi) is 5.36. The summed E-state index contributed by atoms with van der Waals surface area (Å²) >= 11 is 0. The van der Waals surface area contributed by atoms with Crippen molar-refractivity contribution in [3.05, 3.63) is 27.6 Å². The SMILES string of the molecule is CCOC(=O)[C@@H](CC(=O)n1nc(C)cc1C)C[N+](=O)[O-]. The topological polar surface area (TPSA) is 104 Å². The molecule has 110 valence electrons. The third-order valence-electron chi connectivity index (χ3n) is 2.66. The lowest BCUT2D eigenvalue weighted by molar-refractivity contribution is -0.485. The molecule has 0 N–H and O–H groups in total. The normalized spacial score (nSPS) is 11.9. The third kappa shape index (κ3) is 4.15. The maximum absolute atomic E-state index is 12.0. The summed E-state index contributed by atoms with van der Waals surface area (Å²) in [7, 11) is 0. The van der Waals surface area contributed by atoms with Crippen LogP contribution in [-0.2, 0) is 9.53 Å². The summed E-state index contributed by atoms with van der Waals surface area (Å²) in [6, 6.07) is 1.71. The zero-order valence-corrected chi connectivity index (χ0v) is 11.7. The highest BCUT2D eigenvalue weighted by atomic mass is 16.6. The summed E-state index contributed by atoms with van der Waals surface area (Å²) in [5, 5.41) is 14.6. The number of hydrogen-bond acceptors (Lipinski definition) is 6. The summed E-state index contributed by atoms with van der Waals surface area (Å²) in [5.41, 5.74) is 1.29. The van der Waals surface area contributed by atoms with Crippen molar-refractivity contribution in [2.75, 3.05) is 13.2 Å². The standard InChI is InChI=1S/C12H17N3O5/c1-4-20-12(17)10(7-14(18)19)6-11(16)15-9(3)5-8(2)13-15/h5,10H,4,6-7H2,1-3H3/t10-/m0/s1. The number of ether oxygens (including phenoxy) is 1. The Bertz CT molecular complexity index is 523. The second-order valence-corrected chi connectivity index (χ2v) is 4.40. The van der Waals surface area contributed by atoms with Crippen LogP contribution in [-0.4, -0.2) is 39.7 Å². The minimum absolute atomic E-state index is 0.112. The number of carbonyl (C=O) groups is 2. The third-order valence-corrected chi connectivity index (χ3v) is 2.66. The lowest BCUT2D eigenvalue weighted by Gasteiger charge is -2.11. The molecule has 1 aromatic rings. The molecule has 0 bridgehead atoms. The maximum atomic E-state index is 12.0. The second-order valence-electron chi connectivity index (χ2n) is 4.40. The van der Waals surface area contributed by atoms with Crippen LogP contribution >= 0.6 is 0 Å². The maximum Gasteiger partial charge on any atom is 0.316 e. The molecular weight excluding hydrogens is 266 g/mol. The summed E-state index contributed by atoms with van der Waals surface area (Å²) < 4.78 is 5.91. The van der Waals surface area contributed by atoms with Gasteiger partial charge >= 0.3 is 5.97 Å². The van der Waals surface area contributed by atoms with Crippen LogP contribution < -0.4 is 0 Å². The smallest absolute Gasteiger partial charge is 0.316 e. The number of aromatic nitrogens is 2. The van der Waals surface area contributed by atoms with Crippen molar-refractivity contribution in [1.82, 2.24) is 9.78 Å². The van der Waals surface area contributed by atoms with Gasteiger partial charge < -0.3 is 4.74 Å². The van der Waals surface area contributed by atoms with Crippen molar-refractivity contribution in [1.29, 1.82) is 0 Å². The number of nitro groups is 1. The van der Waals surface area contributed by atoms with Gasteiger partial charge in [-0.25, -0.2) is 4.68 Å². The first kappa shape index (κ1) is 15.8. The van der Waals surface area contributed by atoms with Gasteiger partial charge in [0.05, 0.1) is 12.3 Å². The van der Waals surface area contributed by atoms with Crippen LogP contribution in [0.2, 0.25) is 0 Å². The van der Waals surface area contributed by atoms with Gasteiger partial charge in [-0.05, 0) is 26.8 Å². The Labute approximate surface area is 115 Å². The van der Waals surface area contributed by atoms with E-state index in [2.05, 4.69) is 5.10 Å². The molecule has 0 aromatic carbocycles. The van der Waals surface area contributed by atoms with E-state index in [4.69, 9.17) is 4.74 Å². The van der Waals surface area contributed by atoms with Crippen molar-refractivity contribution >= 4 is 11.9 Å². The molecule has 0 saturated carbocycles. The zero-order valence-electron chi connectivity index (χ0n) is 11.7. The molecule has 1 heterocycles. The zero-order chi connectivity index (χ0) is 15.3. The van der Waals surface area contributed by atoms with Crippen molar-refractivity contribution in [3.63, 3.8) is 0 Å². The molecule has 0 unspecified atom stereocenters. The van der Waals surface area contributed by atoms with Gasteiger partial charge in [-0.1, -0.05) is 0 Å². The van der Waals surface area contributed by atoms with Crippen LogP contribution in [0.5, 0.6) is 0 Å². The highest BCUT2D eigenvalue weighted by Crippen LogP contribution is 2.11. The Morgan fingerprint density at radius 3 is 2.60 bits per heavy atom. The molecule has 0 fully saturated rings. The number of rotatable bonds is 6. The van der Waals surface area contributed by atoms with Crippen LogP contribution in [0.4, 0.5) is 0 Å². The fourth-order valence-corrected chi connectivity index (χ4v) is 1.84. The lowest BCUT2D eigenvalue weighted by Crippen LogP contribution is -2.30. The molecule has 0 radical (unpaired) electrons. The van der Waals surface area contributed by atoms with Crippen LogP contribution in [0.3, 0.4) is 0 Å². The van der Waals surface area contributed by atoms with E-state index in [0.29, 0.717) is 11.4 Å². The average Bonchev–Trinajstić information content (AvgIpc) is 2.67. The minimum Gasteiger partial charge on any atom is -0.466 e. The predicted octanol–water partition coefficient (Wildman–Crippen LogP) is 0.986. The van der Waals surface area contributed by atoms with Gasteiger partial charge in [-0.15, -0.1) is 0 Å². The van der Waals surface area contributed by atoms with Crippen LogP contribution in [0.1, 0.15) is 29.5 Å². The van der Waals surface area contributed by atoms with Crippen molar-refractivity contribution < 1.29 is 19.2 Å². The van der Waals surface area contributed by atoms with E-state index in [0.717, 1.165) is 4.68 Å². The highest BCUT2D eigenvalue weighted by Gasteiger charge is 2.29. The molecule has 20 heavy (non-hydrogen) atoms. The fourth-order valence-electron chi connectivity index (χ4n) is 1.84. The van der Waals surface area contributed by atoms with Crippen LogP contribution in [0.15, 0.2) is 6.07 Å². The molecule has 1 rings (SSSR count). The predicted molar refractivity (Wildman–Crippen MR) is 68.9 cm³/mol. The van der Waals surface area contributed by atoms with Crippen LogP contribution in [0, 0.1) is 29.9 Å². The fraction of sp³-hybridized carbons (Fsp3) is 0.583. The Morgan fingerprint density at radius 2 is 2.15 bits per heavy atom. The molecule has 0 aliphatic heterocycles. The van der Waals surface area contributed by atoms with Gasteiger partial charge in [-0.3, -0.25) is 19.7 Å². The van der Waals surface area contributed by atoms with Crippen LogP contribution in [0.25, 0.3) is 0 Å². The molecule has 0 aliphatic carbocycles. The molecule has 0 saturated heterocycles. The van der Waals surface area contributed by atoms with Gasteiger partial charge in [0.1, 0.15) is 5.92 Å². The van der Waals surface area contributed by atoms with Gasteiger partial charge in [0, 0.05) is 17.0 Å². The molecule has 0 amide bonds. The molecule has 0 spiro atoms. The number of hydrogen-bond donors (Lipinski definition) is 0. The number of nitrogens with zero attached hydrogens (tertiary/aromatic N) is 3. The van der Waals surface area contributed by atoms with E-state index >= 15 is 0 Å². The first-order valence-corrected chi connectivity index (χ1v) is 6.20. The summed E-state index contributed by atoms with van der Waals surface area (Å²) in [4.78, 5) is 33.6. The first-order chi connectivity index (χ1) is 9.35. The number of esters is 1.